The van der Waals surface area contributed by atoms with Gasteiger partial charge in [-0.2, -0.15) is 0 Å². The molecule has 1 aliphatic rings. The van der Waals surface area contributed by atoms with Gasteiger partial charge in [-0.3, -0.25) is 4.79 Å². The molecule has 0 spiro atoms. The first kappa shape index (κ1) is 16.4. The third-order valence-corrected chi connectivity index (χ3v) is 4.41. The Morgan fingerprint density at radius 3 is 2.50 bits per heavy atom. The van der Waals surface area contributed by atoms with Crippen molar-refractivity contribution in [2.75, 3.05) is 0 Å². The summed E-state index contributed by atoms with van der Waals surface area (Å²) in [6, 6.07) is 13.4. The van der Waals surface area contributed by atoms with Gasteiger partial charge in [0.1, 0.15) is 0 Å². The fourth-order valence-electron chi connectivity index (χ4n) is 2.73. The SMILES string of the molecule is O=C(O)CC1=CC=c2cc/c(=C/c3ccc(CS(=O)O)cc3)cc21. The molecule has 24 heavy (non-hydrogen) atoms. The standard InChI is InChI=1S/C19H16O4S/c20-19(21)11-17-8-7-16-6-5-15(10-18(16)17)9-13-1-3-14(4-2-13)12-24(22)23/h1-10H,11-12H2,(H,20,21)(H,22,23)/b15-9-. The highest BCUT2D eigenvalue weighted by atomic mass is 32.2. The molecule has 0 amide bonds. The van der Waals surface area contributed by atoms with Crippen molar-refractivity contribution in [1.82, 2.24) is 0 Å². The van der Waals surface area contributed by atoms with Gasteiger partial charge >= 0.3 is 5.97 Å². The van der Waals surface area contributed by atoms with E-state index in [-0.39, 0.29) is 12.2 Å². The first-order chi connectivity index (χ1) is 11.5. The minimum Gasteiger partial charge on any atom is -0.481 e. The maximum absolute atomic E-state index is 10.9. The number of carboxylic acid groups (broad SMARTS) is 1. The highest BCUT2D eigenvalue weighted by Crippen LogP contribution is 2.17. The predicted molar refractivity (Wildman–Crippen MR) is 94.9 cm³/mol. The van der Waals surface area contributed by atoms with E-state index in [2.05, 4.69) is 0 Å². The molecule has 1 atom stereocenters. The number of hydrogen-bond acceptors (Lipinski definition) is 2. The normalized spacial score (nSPS) is 14.7. The van der Waals surface area contributed by atoms with Crippen molar-refractivity contribution in [2.45, 2.75) is 12.2 Å². The van der Waals surface area contributed by atoms with Crippen LogP contribution in [-0.4, -0.2) is 19.8 Å². The van der Waals surface area contributed by atoms with Crippen LogP contribution in [-0.2, 0) is 21.6 Å². The number of aliphatic carboxylic acids is 1. The molecule has 1 unspecified atom stereocenters. The quantitative estimate of drug-likeness (QED) is 0.815. The average molecular weight is 340 g/mol. The summed E-state index contributed by atoms with van der Waals surface area (Å²) in [6.45, 7) is 0. The number of benzene rings is 2. The molecule has 0 aliphatic heterocycles. The van der Waals surface area contributed by atoms with Gasteiger partial charge in [-0.25, -0.2) is 4.21 Å². The summed E-state index contributed by atoms with van der Waals surface area (Å²) in [5.41, 5.74) is 3.56. The van der Waals surface area contributed by atoms with Crippen LogP contribution in [0.3, 0.4) is 0 Å². The first-order valence-corrected chi connectivity index (χ1v) is 8.70. The van der Waals surface area contributed by atoms with Crippen molar-refractivity contribution < 1.29 is 18.7 Å². The van der Waals surface area contributed by atoms with Crippen LogP contribution in [0.15, 0.2) is 48.5 Å². The van der Waals surface area contributed by atoms with Crippen LogP contribution >= 0.6 is 0 Å². The summed E-state index contributed by atoms with van der Waals surface area (Å²) in [7, 11) is 0. The third-order valence-electron chi connectivity index (χ3n) is 3.83. The van der Waals surface area contributed by atoms with Crippen LogP contribution in [0.5, 0.6) is 0 Å². The molecule has 122 valence electrons. The van der Waals surface area contributed by atoms with Crippen LogP contribution in [0.2, 0.25) is 0 Å². The molecule has 0 fully saturated rings. The van der Waals surface area contributed by atoms with E-state index < -0.39 is 17.0 Å². The topological polar surface area (TPSA) is 74.6 Å². The minimum atomic E-state index is -1.84. The van der Waals surface area contributed by atoms with Gasteiger partial charge in [0.15, 0.2) is 11.1 Å². The third kappa shape index (κ3) is 3.88. The average Bonchev–Trinajstić information content (AvgIpc) is 2.91. The Morgan fingerprint density at radius 2 is 1.83 bits per heavy atom. The van der Waals surface area contributed by atoms with Gasteiger partial charge < -0.3 is 9.66 Å². The summed E-state index contributed by atoms with van der Waals surface area (Å²) in [6.07, 6.45) is 5.80. The van der Waals surface area contributed by atoms with Gasteiger partial charge in [0.2, 0.25) is 0 Å². The molecular weight excluding hydrogens is 324 g/mol. The highest BCUT2D eigenvalue weighted by molar-refractivity contribution is 7.78. The monoisotopic (exact) mass is 340 g/mol. The highest BCUT2D eigenvalue weighted by Gasteiger charge is 2.11. The molecule has 1 aliphatic carbocycles. The second-order valence-electron chi connectivity index (χ2n) is 5.63. The summed E-state index contributed by atoms with van der Waals surface area (Å²) < 4.78 is 19.7. The number of allylic oxidation sites excluding steroid dienone is 1. The smallest absolute Gasteiger partial charge is 0.307 e. The molecule has 5 heteroatoms. The van der Waals surface area contributed by atoms with E-state index in [1.54, 1.807) is 0 Å². The summed E-state index contributed by atoms with van der Waals surface area (Å²) in [4.78, 5) is 10.9. The van der Waals surface area contributed by atoms with E-state index in [1.165, 1.54) is 0 Å². The molecule has 0 saturated heterocycles. The number of carbonyl (C=O) groups is 1. The molecule has 2 aromatic rings. The molecule has 2 N–H and O–H groups in total. The summed E-state index contributed by atoms with van der Waals surface area (Å²) >= 11 is -1.84. The number of hydrogen-bond donors (Lipinski definition) is 2. The first-order valence-electron chi connectivity index (χ1n) is 7.42. The van der Waals surface area contributed by atoms with Gasteiger partial charge in [0.05, 0.1) is 12.2 Å². The molecular formula is C19H16O4S. The Morgan fingerprint density at radius 1 is 1.08 bits per heavy atom. The number of carboxylic acids is 1. The fraction of sp³-hybridized carbons (Fsp3) is 0.105. The molecule has 0 saturated carbocycles. The van der Waals surface area contributed by atoms with Gasteiger partial charge in [-0.05, 0) is 44.8 Å². The second kappa shape index (κ2) is 6.95. The molecule has 4 nitrogen and oxygen atoms in total. The van der Waals surface area contributed by atoms with Crippen LogP contribution in [0.1, 0.15) is 23.1 Å². The lowest BCUT2D eigenvalue weighted by Crippen LogP contribution is -2.12. The van der Waals surface area contributed by atoms with Gasteiger partial charge in [0.25, 0.3) is 0 Å². The van der Waals surface area contributed by atoms with E-state index in [0.717, 1.165) is 32.7 Å². The largest absolute Gasteiger partial charge is 0.481 e. The lowest BCUT2D eigenvalue weighted by molar-refractivity contribution is -0.135. The van der Waals surface area contributed by atoms with E-state index in [4.69, 9.17) is 9.66 Å². The molecule has 2 aromatic carbocycles. The van der Waals surface area contributed by atoms with Crippen molar-refractivity contribution in [1.29, 1.82) is 0 Å². The summed E-state index contributed by atoms with van der Waals surface area (Å²) in [5.74, 6) is -0.716. The molecule has 0 radical (unpaired) electrons. The zero-order valence-corrected chi connectivity index (χ0v) is 13.6. The maximum atomic E-state index is 10.9. The summed E-state index contributed by atoms with van der Waals surface area (Å²) in [5, 5.41) is 11.0. The molecule has 0 aromatic heterocycles. The van der Waals surface area contributed by atoms with Crippen LogP contribution in [0.4, 0.5) is 0 Å². The van der Waals surface area contributed by atoms with Crippen LogP contribution in [0.25, 0.3) is 17.7 Å². The van der Waals surface area contributed by atoms with Gasteiger partial charge in [0, 0.05) is 0 Å². The zero-order chi connectivity index (χ0) is 17.1. The Hall–Kier alpha value is -2.50. The maximum Gasteiger partial charge on any atom is 0.307 e. The van der Waals surface area contributed by atoms with Crippen molar-refractivity contribution in [3.63, 3.8) is 0 Å². The lowest BCUT2D eigenvalue weighted by atomic mass is 10.0. The predicted octanol–water partition coefficient (Wildman–Crippen LogP) is 1.89. The van der Waals surface area contributed by atoms with E-state index in [1.807, 2.05) is 60.7 Å². The Labute approximate surface area is 141 Å². The van der Waals surface area contributed by atoms with E-state index in [0.29, 0.717) is 0 Å². The second-order valence-corrected chi connectivity index (χ2v) is 6.56. The van der Waals surface area contributed by atoms with Crippen molar-refractivity contribution in [2.24, 2.45) is 0 Å². The van der Waals surface area contributed by atoms with Crippen LogP contribution in [0, 0.1) is 0 Å². The molecule has 3 rings (SSSR count). The van der Waals surface area contributed by atoms with Gasteiger partial charge in [-0.1, -0.05) is 48.6 Å². The molecule has 0 bridgehead atoms. The zero-order valence-electron chi connectivity index (χ0n) is 12.8. The number of fused-ring (bicyclic) bond motifs is 1. The van der Waals surface area contributed by atoms with Crippen molar-refractivity contribution in [3.8, 4) is 0 Å². The van der Waals surface area contributed by atoms with Crippen molar-refractivity contribution >= 4 is 34.8 Å². The van der Waals surface area contributed by atoms with E-state index in [9.17, 15) is 9.00 Å². The molecule has 0 heterocycles. The van der Waals surface area contributed by atoms with E-state index >= 15 is 0 Å². The van der Waals surface area contributed by atoms with Crippen LogP contribution < -0.4 is 10.4 Å². The lowest BCUT2D eigenvalue weighted by Gasteiger charge is -2.02. The van der Waals surface area contributed by atoms with Gasteiger partial charge in [-0.15, -0.1) is 0 Å². The Kier molecular flexibility index (Phi) is 4.74. The van der Waals surface area contributed by atoms with Crippen molar-refractivity contribution in [3.05, 3.63) is 75.7 Å². The Bertz CT molecular complexity index is 956. The Balaban J connectivity index is 1.89. The number of rotatable bonds is 5. The fourth-order valence-corrected chi connectivity index (χ4v) is 3.21. The minimum absolute atomic E-state index is 0.0138.